The van der Waals surface area contributed by atoms with Crippen LogP contribution in [0.2, 0.25) is 0 Å². The Hall–Kier alpha value is -1.60. The molecule has 0 radical (unpaired) electrons. The standard InChI is InChI=1S/C16H16O/c17-16-11-14(12-6-2-1-3-7-12)10-13-8-4-5-9-15(13)16/h1-9,14,16-17H,10-11H2/t14-,16+/m1/s1. The smallest absolute Gasteiger partial charge is 0.0798 e. The number of rotatable bonds is 1. The molecule has 1 heteroatoms. The van der Waals surface area contributed by atoms with Crippen LogP contribution in [0.15, 0.2) is 54.6 Å². The van der Waals surface area contributed by atoms with Crippen molar-refractivity contribution in [2.24, 2.45) is 0 Å². The van der Waals surface area contributed by atoms with Gasteiger partial charge in [-0.25, -0.2) is 0 Å². The van der Waals surface area contributed by atoms with E-state index in [1.165, 1.54) is 11.1 Å². The van der Waals surface area contributed by atoms with Gasteiger partial charge in [-0.3, -0.25) is 0 Å². The van der Waals surface area contributed by atoms with Gasteiger partial charge in [-0.15, -0.1) is 0 Å². The summed E-state index contributed by atoms with van der Waals surface area (Å²) in [5, 5.41) is 10.2. The zero-order chi connectivity index (χ0) is 11.7. The molecule has 86 valence electrons. The van der Waals surface area contributed by atoms with Crippen molar-refractivity contribution in [2.75, 3.05) is 0 Å². The van der Waals surface area contributed by atoms with E-state index in [0.717, 1.165) is 18.4 Å². The van der Waals surface area contributed by atoms with E-state index < -0.39 is 0 Å². The molecule has 0 aromatic heterocycles. The summed E-state index contributed by atoms with van der Waals surface area (Å²) in [7, 11) is 0. The van der Waals surface area contributed by atoms with Gasteiger partial charge in [0.1, 0.15) is 0 Å². The molecule has 0 aliphatic heterocycles. The minimum atomic E-state index is -0.315. The normalized spacial score (nSPS) is 23.1. The molecule has 0 amide bonds. The van der Waals surface area contributed by atoms with Crippen LogP contribution in [0.25, 0.3) is 0 Å². The highest BCUT2D eigenvalue weighted by Crippen LogP contribution is 2.38. The highest BCUT2D eigenvalue weighted by Gasteiger charge is 2.25. The molecule has 17 heavy (non-hydrogen) atoms. The van der Waals surface area contributed by atoms with Crippen LogP contribution in [0.3, 0.4) is 0 Å². The first-order valence-electron chi connectivity index (χ1n) is 6.15. The van der Waals surface area contributed by atoms with E-state index >= 15 is 0 Å². The van der Waals surface area contributed by atoms with Crippen LogP contribution < -0.4 is 0 Å². The average molecular weight is 224 g/mol. The van der Waals surface area contributed by atoms with E-state index in [2.05, 4.69) is 36.4 Å². The number of hydrogen-bond donors (Lipinski definition) is 1. The number of fused-ring (bicyclic) bond motifs is 1. The molecule has 2 aromatic carbocycles. The number of benzene rings is 2. The fourth-order valence-electron chi connectivity index (χ4n) is 2.77. The van der Waals surface area contributed by atoms with Crippen molar-refractivity contribution < 1.29 is 5.11 Å². The summed E-state index contributed by atoms with van der Waals surface area (Å²) in [4.78, 5) is 0. The summed E-state index contributed by atoms with van der Waals surface area (Å²) in [6, 6.07) is 18.7. The van der Waals surface area contributed by atoms with Gasteiger partial charge in [0.05, 0.1) is 6.10 Å². The fraction of sp³-hybridized carbons (Fsp3) is 0.250. The maximum atomic E-state index is 10.2. The molecule has 2 atom stereocenters. The molecule has 1 N–H and O–H groups in total. The molecule has 2 aromatic rings. The van der Waals surface area contributed by atoms with Gasteiger partial charge in [0.2, 0.25) is 0 Å². The van der Waals surface area contributed by atoms with Crippen LogP contribution in [0.1, 0.15) is 35.1 Å². The zero-order valence-electron chi connectivity index (χ0n) is 9.71. The quantitative estimate of drug-likeness (QED) is 0.786. The van der Waals surface area contributed by atoms with Crippen LogP contribution >= 0.6 is 0 Å². The molecular weight excluding hydrogens is 208 g/mol. The Kier molecular flexibility index (Phi) is 2.69. The Morgan fingerprint density at radius 1 is 0.882 bits per heavy atom. The van der Waals surface area contributed by atoms with Crippen molar-refractivity contribution in [3.63, 3.8) is 0 Å². The lowest BCUT2D eigenvalue weighted by molar-refractivity contribution is 0.147. The Morgan fingerprint density at radius 3 is 2.41 bits per heavy atom. The van der Waals surface area contributed by atoms with Gasteiger partial charge in [-0.2, -0.15) is 0 Å². The summed E-state index contributed by atoms with van der Waals surface area (Å²) in [6.07, 6.45) is 1.56. The zero-order valence-corrected chi connectivity index (χ0v) is 9.71. The van der Waals surface area contributed by atoms with E-state index in [9.17, 15) is 5.11 Å². The second kappa shape index (κ2) is 4.34. The molecule has 0 bridgehead atoms. The lowest BCUT2D eigenvalue weighted by atomic mass is 9.79. The van der Waals surface area contributed by atoms with Gasteiger partial charge in [0, 0.05) is 0 Å². The van der Waals surface area contributed by atoms with E-state index in [0.29, 0.717) is 5.92 Å². The van der Waals surface area contributed by atoms with Gasteiger partial charge in [0.25, 0.3) is 0 Å². The van der Waals surface area contributed by atoms with Crippen LogP contribution in [0.5, 0.6) is 0 Å². The maximum absolute atomic E-state index is 10.2. The summed E-state index contributed by atoms with van der Waals surface area (Å²) in [6.45, 7) is 0. The van der Waals surface area contributed by atoms with E-state index in [1.54, 1.807) is 0 Å². The highest BCUT2D eigenvalue weighted by atomic mass is 16.3. The van der Waals surface area contributed by atoms with Crippen LogP contribution in [-0.4, -0.2) is 5.11 Å². The minimum absolute atomic E-state index is 0.315. The predicted octanol–water partition coefficient (Wildman–Crippen LogP) is 3.45. The third-order valence-corrected chi connectivity index (χ3v) is 3.66. The van der Waals surface area contributed by atoms with Gasteiger partial charge in [0.15, 0.2) is 0 Å². The molecule has 1 nitrogen and oxygen atoms in total. The Labute approximate surface area is 102 Å². The molecule has 0 saturated carbocycles. The van der Waals surface area contributed by atoms with Crippen LogP contribution in [0, 0.1) is 0 Å². The molecule has 0 unspecified atom stereocenters. The maximum Gasteiger partial charge on any atom is 0.0798 e. The molecule has 1 aliphatic rings. The number of aliphatic hydroxyl groups is 1. The van der Waals surface area contributed by atoms with Gasteiger partial charge >= 0.3 is 0 Å². The van der Waals surface area contributed by atoms with Crippen LogP contribution in [0.4, 0.5) is 0 Å². The summed E-state index contributed by atoms with van der Waals surface area (Å²) >= 11 is 0. The second-order valence-electron chi connectivity index (χ2n) is 4.76. The first-order chi connectivity index (χ1) is 8.34. The summed E-state index contributed by atoms with van der Waals surface area (Å²) in [5.41, 5.74) is 3.74. The molecule has 0 saturated heterocycles. The van der Waals surface area contributed by atoms with Crippen molar-refractivity contribution >= 4 is 0 Å². The Morgan fingerprint density at radius 2 is 1.59 bits per heavy atom. The first-order valence-corrected chi connectivity index (χ1v) is 6.15. The second-order valence-corrected chi connectivity index (χ2v) is 4.76. The minimum Gasteiger partial charge on any atom is -0.388 e. The predicted molar refractivity (Wildman–Crippen MR) is 68.9 cm³/mol. The molecular formula is C16H16O. The number of aliphatic hydroxyl groups excluding tert-OH is 1. The molecule has 0 fully saturated rings. The molecule has 3 rings (SSSR count). The van der Waals surface area contributed by atoms with Crippen molar-refractivity contribution in [1.29, 1.82) is 0 Å². The number of hydrogen-bond acceptors (Lipinski definition) is 1. The lowest BCUT2D eigenvalue weighted by Gasteiger charge is -2.28. The Bertz CT molecular complexity index is 504. The third kappa shape index (κ3) is 1.98. The van der Waals surface area contributed by atoms with Crippen LogP contribution in [-0.2, 0) is 6.42 Å². The van der Waals surface area contributed by atoms with Crippen molar-refractivity contribution in [2.45, 2.75) is 24.9 Å². The monoisotopic (exact) mass is 224 g/mol. The summed E-state index contributed by atoms with van der Waals surface area (Å²) in [5.74, 6) is 0.445. The van der Waals surface area contributed by atoms with E-state index in [-0.39, 0.29) is 6.10 Å². The van der Waals surface area contributed by atoms with Crippen molar-refractivity contribution in [3.05, 3.63) is 71.3 Å². The van der Waals surface area contributed by atoms with E-state index in [1.807, 2.05) is 18.2 Å². The largest absolute Gasteiger partial charge is 0.388 e. The summed E-state index contributed by atoms with van der Waals surface area (Å²) < 4.78 is 0. The fourth-order valence-corrected chi connectivity index (χ4v) is 2.77. The third-order valence-electron chi connectivity index (χ3n) is 3.66. The highest BCUT2D eigenvalue weighted by molar-refractivity contribution is 5.35. The topological polar surface area (TPSA) is 20.2 Å². The van der Waals surface area contributed by atoms with Crippen molar-refractivity contribution in [1.82, 2.24) is 0 Å². The molecule has 0 spiro atoms. The average Bonchev–Trinajstić information content (AvgIpc) is 2.40. The van der Waals surface area contributed by atoms with Gasteiger partial charge in [-0.1, -0.05) is 54.6 Å². The van der Waals surface area contributed by atoms with Gasteiger partial charge in [-0.05, 0) is 35.4 Å². The van der Waals surface area contributed by atoms with E-state index in [4.69, 9.17) is 0 Å². The lowest BCUT2D eigenvalue weighted by Crippen LogP contribution is -2.17. The van der Waals surface area contributed by atoms with Crippen molar-refractivity contribution in [3.8, 4) is 0 Å². The molecule has 1 aliphatic carbocycles. The first kappa shape index (κ1) is 10.5. The SMILES string of the molecule is O[C@H]1C[C@H](c2ccccc2)Cc2ccccc21. The van der Waals surface area contributed by atoms with Gasteiger partial charge < -0.3 is 5.11 Å². The Balaban J connectivity index is 1.94. The molecule has 0 heterocycles.